The molecule has 0 aliphatic rings. The first kappa shape index (κ1) is 11.9. The van der Waals surface area contributed by atoms with Crippen LogP contribution in [0.4, 0.5) is 0 Å². The van der Waals surface area contributed by atoms with Gasteiger partial charge in [0.2, 0.25) is 0 Å². The molecule has 0 amide bonds. The summed E-state index contributed by atoms with van der Waals surface area (Å²) in [6.45, 7) is 2.61. The molecule has 0 aromatic heterocycles. The number of aliphatic hydroxyl groups excluding tert-OH is 2. The monoisotopic (exact) mass is 175 g/mol. The topological polar surface area (TPSA) is 52.5 Å². The van der Waals surface area contributed by atoms with Crippen LogP contribution >= 0.6 is 0 Å². The lowest BCUT2D eigenvalue weighted by molar-refractivity contribution is 0.132. The average molecular weight is 175 g/mol. The van der Waals surface area contributed by atoms with E-state index in [1.807, 2.05) is 14.0 Å². The average Bonchev–Trinajstić information content (AvgIpc) is 2.04. The Morgan fingerprint density at radius 1 is 1.17 bits per heavy atom. The van der Waals surface area contributed by atoms with Crippen LogP contribution in [0.15, 0.2) is 0 Å². The smallest absolute Gasteiger partial charge is 0.0664 e. The third kappa shape index (κ3) is 6.58. The molecule has 0 heterocycles. The molecule has 0 fully saturated rings. The molecular formula is C9H21NO2. The van der Waals surface area contributed by atoms with Gasteiger partial charge >= 0.3 is 0 Å². The van der Waals surface area contributed by atoms with Crippen molar-refractivity contribution in [1.29, 1.82) is 0 Å². The minimum Gasteiger partial charge on any atom is -0.393 e. The van der Waals surface area contributed by atoms with Crippen molar-refractivity contribution in [2.24, 2.45) is 0 Å². The standard InChI is InChI=1S/C9H21NO2/c1-3-8(11)5-4-6-9(12)7-10-2/h8-12H,3-7H2,1-2H3. The minimum absolute atomic E-state index is 0.188. The summed E-state index contributed by atoms with van der Waals surface area (Å²) < 4.78 is 0. The van der Waals surface area contributed by atoms with Crippen LogP contribution in [-0.2, 0) is 0 Å². The maximum Gasteiger partial charge on any atom is 0.0664 e. The lowest BCUT2D eigenvalue weighted by Crippen LogP contribution is -2.23. The number of hydrogen-bond donors (Lipinski definition) is 3. The predicted octanol–water partition coefficient (Wildman–Crippen LogP) is 0.508. The molecule has 0 aromatic carbocycles. The Hall–Kier alpha value is -0.120. The van der Waals surface area contributed by atoms with Gasteiger partial charge in [0.1, 0.15) is 0 Å². The van der Waals surface area contributed by atoms with Gasteiger partial charge in [-0.15, -0.1) is 0 Å². The Bertz CT molecular complexity index is 98.5. The molecule has 2 unspecified atom stereocenters. The lowest BCUT2D eigenvalue weighted by atomic mass is 10.1. The van der Waals surface area contributed by atoms with Crippen LogP contribution < -0.4 is 5.32 Å². The largest absolute Gasteiger partial charge is 0.393 e. The molecule has 0 saturated heterocycles. The minimum atomic E-state index is -0.265. The second kappa shape index (κ2) is 7.53. The summed E-state index contributed by atoms with van der Waals surface area (Å²) in [6, 6.07) is 0. The molecule has 0 bridgehead atoms. The first-order valence-electron chi connectivity index (χ1n) is 4.71. The normalized spacial score (nSPS) is 16.0. The van der Waals surface area contributed by atoms with Crippen LogP contribution in [0.2, 0.25) is 0 Å². The Morgan fingerprint density at radius 3 is 2.25 bits per heavy atom. The van der Waals surface area contributed by atoms with Gasteiger partial charge in [0.15, 0.2) is 0 Å². The summed E-state index contributed by atoms with van der Waals surface area (Å²) in [7, 11) is 1.82. The van der Waals surface area contributed by atoms with Crippen LogP contribution in [0.25, 0.3) is 0 Å². The van der Waals surface area contributed by atoms with Crippen molar-refractivity contribution >= 4 is 0 Å². The highest BCUT2D eigenvalue weighted by Gasteiger charge is 2.04. The van der Waals surface area contributed by atoms with E-state index in [0.29, 0.717) is 6.54 Å². The molecule has 0 radical (unpaired) electrons. The Morgan fingerprint density at radius 2 is 1.75 bits per heavy atom. The predicted molar refractivity (Wildman–Crippen MR) is 50.1 cm³/mol. The van der Waals surface area contributed by atoms with E-state index in [2.05, 4.69) is 5.32 Å². The molecule has 3 heteroatoms. The van der Waals surface area contributed by atoms with Crippen molar-refractivity contribution in [3.63, 3.8) is 0 Å². The Kier molecular flexibility index (Phi) is 7.45. The van der Waals surface area contributed by atoms with Crippen LogP contribution in [0, 0.1) is 0 Å². The fourth-order valence-corrected chi connectivity index (χ4v) is 1.13. The summed E-state index contributed by atoms with van der Waals surface area (Å²) in [4.78, 5) is 0. The summed E-state index contributed by atoms with van der Waals surface area (Å²) in [6.07, 6.45) is 2.83. The number of nitrogens with one attached hydrogen (secondary N) is 1. The number of hydrogen-bond acceptors (Lipinski definition) is 3. The fraction of sp³-hybridized carbons (Fsp3) is 1.00. The van der Waals surface area contributed by atoms with E-state index in [-0.39, 0.29) is 12.2 Å². The summed E-state index contributed by atoms with van der Waals surface area (Å²) >= 11 is 0. The molecule has 0 rings (SSSR count). The first-order chi connectivity index (χ1) is 5.70. The van der Waals surface area contributed by atoms with E-state index < -0.39 is 0 Å². The van der Waals surface area contributed by atoms with Crippen molar-refractivity contribution in [3.05, 3.63) is 0 Å². The number of rotatable bonds is 7. The van der Waals surface area contributed by atoms with Gasteiger partial charge in [-0.2, -0.15) is 0 Å². The molecule has 2 atom stereocenters. The highest BCUT2D eigenvalue weighted by Crippen LogP contribution is 2.05. The zero-order valence-corrected chi connectivity index (χ0v) is 8.08. The van der Waals surface area contributed by atoms with E-state index in [0.717, 1.165) is 25.7 Å². The molecule has 0 spiro atoms. The van der Waals surface area contributed by atoms with Crippen molar-refractivity contribution in [2.75, 3.05) is 13.6 Å². The van der Waals surface area contributed by atoms with Crippen molar-refractivity contribution in [1.82, 2.24) is 5.32 Å². The summed E-state index contributed by atoms with van der Waals surface area (Å²) in [5.41, 5.74) is 0. The lowest BCUT2D eigenvalue weighted by Gasteiger charge is -2.11. The van der Waals surface area contributed by atoms with E-state index in [9.17, 15) is 10.2 Å². The first-order valence-corrected chi connectivity index (χ1v) is 4.71. The molecule has 0 aliphatic carbocycles. The van der Waals surface area contributed by atoms with Crippen molar-refractivity contribution in [3.8, 4) is 0 Å². The fourth-order valence-electron chi connectivity index (χ4n) is 1.13. The molecule has 12 heavy (non-hydrogen) atoms. The second-order valence-corrected chi connectivity index (χ2v) is 3.20. The molecule has 74 valence electrons. The summed E-state index contributed by atoms with van der Waals surface area (Å²) in [5.74, 6) is 0. The molecule has 0 saturated carbocycles. The highest BCUT2D eigenvalue weighted by atomic mass is 16.3. The molecule has 0 aromatic rings. The quantitative estimate of drug-likeness (QED) is 0.528. The van der Waals surface area contributed by atoms with Crippen LogP contribution in [0.5, 0.6) is 0 Å². The highest BCUT2D eigenvalue weighted by molar-refractivity contribution is 4.60. The van der Waals surface area contributed by atoms with Crippen LogP contribution in [-0.4, -0.2) is 36.0 Å². The molecule has 0 aliphatic heterocycles. The molecular weight excluding hydrogens is 154 g/mol. The van der Waals surface area contributed by atoms with Crippen LogP contribution in [0.3, 0.4) is 0 Å². The van der Waals surface area contributed by atoms with E-state index in [1.165, 1.54) is 0 Å². The van der Waals surface area contributed by atoms with Gasteiger partial charge in [0.25, 0.3) is 0 Å². The van der Waals surface area contributed by atoms with Crippen LogP contribution in [0.1, 0.15) is 32.6 Å². The van der Waals surface area contributed by atoms with Gasteiger partial charge in [-0.05, 0) is 32.7 Å². The zero-order chi connectivity index (χ0) is 9.40. The van der Waals surface area contributed by atoms with Gasteiger partial charge in [-0.3, -0.25) is 0 Å². The Labute approximate surface area is 74.8 Å². The molecule has 3 nitrogen and oxygen atoms in total. The van der Waals surface area contributed by atoms with Gasteiger partial charge in [0, 0.05) is 6.54 Å². The van der Waals surface area contributed by atoms with Gasteiger partial charge in [-0.1, -0.05) is 6.92 Å². The van der Waals surface area contributed by atoms with E-state index in [4.69, 9.17) is 0 Å². The van der Waals surface area contributed by atoms with E-state index >= 15 is 0 Å². The second-order valence-electron chi connectivity index (χ2n) is 3.20. The van der Waals surface area contributed by atoms with Gasteiger partial charge in [-0.25, -0.2) is 0 Å². The third-order valence-corrected chi connectivity index (χ3v) is 1.99. The maximum absolute atomic E-state index is 9.29. The van der Waals surface area contributed by atoms with Crippen molar-refractivity contribution < 1.29 is 10.2 Å². The Balaban J connectivity index is 3.18. The zero-order valence-electron chi connectivity index (χ0n) is 8.08. The van der Waals surface area contributed by atoms with Crippen molar-refractivity contribution in [2.45, 2.75) is 44.8 Å². The number of likely N-dealkylation sites (N-methyl/N-ethyl adjacent to an activating group) is 1. The number of aliphatic hydroxyl groups is 2. The van der Waals surface area contributed by atoms with E-state index in [1.54, 1.807) is 0 Å². The van der Waals surface area contributed by atoms with Gasteiger partial charge < -0.3 is 15.5 Å². The molecule has 3 N–H and O–H groups in total. The third-order valence-electron chi connectivity index (χ3n) is 1.99. The van der Waals surface area contributed by atoms with Gasteiger partial charge in [0.05, 0.1) is 12.2 Å². The summed E-state index contributed by atoms with van der Waals surface area (Å²) in [5, 5.41) is 21.4. The maximum atomic E-state index is 9.29. The SMILES string of the molecule is CCC(O)CCCC(O)CNC.